The Labute approximate surface area is 159 Å². The lowest BCUT2D eigenvalue weighted by atomic mass is 10.2. The van der Waals surface area contributed by atoms with Crippen LogP contribution >= 0.6 is 35.0 Å². The molecule has 1 aliphatic heterocycles. The van der Waals surface area contributed by atoms with Gasteiger partial charge in [-0.1, -0.05) is 29.3 Å². The fourth-order valence-corrected chi connectivity index (χ4v) is 3.94. The van der Waals surface area contributed by atoms with Gasteiger partial charge in [-0.2, -0.15) is 16.9 Å². The third-order valence-electron chi connectivity index (χ3n) is 4.32. The van der Waals surface area contributed by atoms with Crippen molar-refractivity contribution >= 4 is 57.2 Å². The molecule has 7 heteroatoms. The lowest BCUT2D eigenvalue weighted by molar-refractivity contribution is 0.406. The average Bonchev–Trinajstić information content (AvgIpc) is 2.79. The fraction of sp³-hybridized carbons (Fsp3) is 0.222. The molecule has 1 aliphatic rings. The highest BCUT2D eigenvalue weighted by Gasteiger charge is 2.27. The Kier molecular flexibility index (Phi) is 4.40. The number of rotatable bonds is 3. The van der Waals surface area contributed by atoms with Crippen molar-refractivity contribution in [3.05, 3.63) is 52.0 Å². The molecular formula is C18H15Cl2N3OS. The molecule has 3 aromatic rings. The Morgan fingerprint density at radius 3 is 2.60 bits per heavy atom. The topological polar surface area (TPSA) is 49.9 Å². The molecule has 128 valence electrons. The Balaban J connectivity index is 1.83. The zero-order chi connectivity index (χ0) is 17.6. The largest absolute Gasteiger partial charge is 0.493 e. The number of aryl methyl sites for hydroxylation is 1. The van der Waals surface area contributed by atoms with E-state index in [1.807, 2.05) is 53.6 Å². The molecule has 0 amide bonds. The second kappa shape index (κ2) is 6.56. The molecule has 4 nitrogen and oxygen atoms in total. The molecule has 1 aromatic heterocycles. The zero-order valence-electron chi connectivity index (χ0n) is 13.4. The van der Waals surface area contributed by atoms with Gasteiger partial charge in [-0.3, -0.25) is 0 Å². The van der Waals surface area contributed by atoms with E-state index in [-0.39, 0.29) is 11.9 Å². The first-order valence-electron chi connectivity index (χ1n) is 7.82. The van der Waals surface area contributed by atoms with Crippen LogP contribution in [-0.4, -0.2) is 21.2 Å². The number of hydrogen-bond acceptors (Lipinski definition) is 4. The van der Waals surface area contributed by atoms with Crippen molar-refractivity contribution in [3.8, 4) is 5.88 Å². The van der Waals surface area contributed by atoms with E-state index in [4.69, 9.17) is 23.2 Å². The van der Waals surface area contributed by atoms with E-state index in [2.05, 4.69) is 10.2 Å². The molecule has 0 atom stereocenters. The van der Waals surface area contributed by atoms with Gasteiger partial charge in [-0.25, -0.2) is 0 Å². The average molecular weight is 392 g/mol. The highest BCUT2D eigenvalue weighted by molar-refractivity contribution is 8.00. The monoisotopic (exact) mass is 391 g/mol. The minimum Gasteiger partial charge on any atom is -0.493 e. The summed E-state index contributed by atoms with van der Waals surface area (Å²) in [6.45, 7) is 1.93. The molecule has 2 heterocycles. The van der Waals surface area contributed by atoms with Crippen LogP contribution in [0.5, 0.6) is 5.88 Å². The Bertz CT molecular complexity index is 996. The first-order valence-corrected chi connectivity index (χ1v) is 9.73. The molecule has 0 saturated carbocycles. The van der Waals surface area contributed by atoms with Crippen LogP contribution in [0.3, 0.4) is 0 Å². The standard InChI is InChI=1S/C18H15Cl2N3OS/c1-10-2-4-12(7-15(10)20)21-22-17-14-6-11(19)3-5-16(14)23(18(17)24)13-8-25-9-13/h2-7,13,24H,8-9H2,1H3. The number of aromatic nitrogens is 1. The van der Waals surface area contributed by atoms with Crippen LogP contribution in [0, 0.1) is 6.92 Å². The number of azo groups is 1. The van der Waals surface area contributed by atoms with Gasteiger partial charge in [-0.05, 0) is 42.8 Å². The molecule has 25 heavy (non-hydrogen) atoms. The van der Waals surface area contributed by atoms with Gasteiger partial charge in [0, 0.05) is 26.9 Å². The van der Waals surface area contributed by atoms with E-state index in [9.17, 15) is 5.11 Å². The minimum absolute atomic E-state index is 0.129. The van der Waals surface area contributed by atoms with Crippen molar-refractivity contribution < 1.29 is 5.11 Å². The number of benzene rings is 2. The first kappa shape index (κ1) is 16.8. The predicted molar refractivity (Wildman–Crippen MR) is 105 cm³/mol. The van der Waals surface area contributed by atoms with E-state index in [0.717, 1.165) is 28.0 Å². The number of fused-ring (bicyclic) bond motifs is 1. The molecule has 2 aromatic carbocycles. The van der Waals surface area contributed by atoms with E-state index in [0.29, 0.717) is 21.4 Å². The number of nitrogens with zero attached hydrogens (tertiary/aromatic N) is 3. The van der Waals surface area contributed by atoms with E-state index in [1.54, 1.807) is 6.07 Å². The maximum absolute atomic E-state index is 10.7. The number of hydrogen-bond donors (Lipinski definition) is 1. The third-order valence-corrected chi connectivity index (χ3v) is 6.20. The highest BCUT2D eigenvalue weighted by Crippen LogP contribution is 2.45. The third kappa shape index (κ3) is 3.01. The summed E-state index contributed by atoms with van der Waals surface area (Å²) in [5.74, 6) is 2.08. The molecule has 0 bridgehead atoms. The lowest BCUT2D eigenvalue weighted by Gasteiger charge is -2.27. The van der Waals surface area contributed by atoms with Crippen molar-refractivity contribution in [2.75, 3.05) is 11.5 Å². The van der Waals surface area contributed by atoms with Gasteiger partial charge in [0.05, 0.1) is 17.2 Å². The van der Waals surface area contributed by atoms with Crippen molar-refractivity contribution in [1.29, 1.82) is 0 Å². The van der Waals surface area contributed by atoms with E-state index >= 15 is 0 Å². The normalized spacial score (nSPS) is 15.2. The fourth-order valence-electron chi connectivity index (χ4n) is 2.85. The summed E-state index contributed by atoms with van der Waals surface area (Å²) >= 11 is 14.1. The first-order chi connectivity index (χ1) is 12.0. The number of halogens is 2. The van der Waals surface area contributed by atoms with Crippen LogP contribution < -0.4 is 0 Å². The van der Waals surface area contributed by atoms with Gasteiger partial charge in [0.25, 0.3) is 0 Å². The molecule has 0 unspecified atom stereocenters. The summed E-state index contributed by atoms with van der Waals surface area (Å²) < 4.78 is 1.93. The molecule has 0 spiro atoms. The highest BCUT2D eigenvalue weighted by atomic mass is 35.5. The van der Waals surface area contributed by atoms with Gasteiger partial charge in [0.15, 0.2) is 5.69 Å². The van der Waals surface area contributed by atoms with Crippen molar-refractivity contribution in [3.63, 3.8) is 0 Å². The van der Waals surface area contributed by atoms with Gasteiger partial charge in [0.2, 0.25) is 5.88 Å². The smallest absolute Gasteiger partial charge is 0.221 e. The predicted octanol–water partition coefficient (Wildman–Crippen LogP) is 6.67. The van der Waals surface area contributed by atoms with Gasteiger partial charge >= 0.3 is 0 Å². The van der Waals surface area contributed by atoms with Crippen molar-refractivity contribution in [1.82, 2.24) is 4.57 Å². The summed E-state index contributed by atoms with van der Waals surface area (Å²) in [5, 5.41) is 21.3. The summed E-state index contributed by atoms with van der Waals surface area (Å²) in [7, 11) is 0. The SMILES string of the molecule is Cc1ccc(N=Nc2c(O)n(C3CSC3)c3ccc(Cl)cc23)cc1Cl. The minimum atomic E-state index is 0.129. The van der Waals surface area contributed by atoms with Crippen LogP contribution in [0.2, 0.25) is 10.0 Å². The molecule has 4 rings (SSSR count). The van der Waals surface area contributed by atoms with Crippen LogP contribution in [-0.2, 0) is 0 Å². The second-order valence-corrected chi connectivity index (χ2v) is 7.95. The zero-order valence-corrected chi connectivity index (χ0v) is 15.7. The molecule has 0 aliphatic carbocycles. The molecule has 0 radical (unpaired) electrons. The number of aromatic hydroxyl groups is 1. The lowest BCUT2D eigenvalue weighted by Crippen LogP contribution is -2.22. The van der Waals surface area contributed by atoms with E-state index < -0.39 is 0 Å². The maximum Gasteiger partial charge on any atom is 0.221 e. The summed E-state index contributed by atoms with van der Waals surface area (Å²) in [6.07, 6.45) is 0. The quantitative estimate of drug-likeness (QED) is 0.507. The maximum atomic E-state index is 10.7. The summed E-state index contributed by atoms with van der Waals surface area (Å²) in [6, 6.07) is 11.3. The van der Waals surface area contributed by atoms with E-state index in [1.165, 1.54) is 0 Å². The number of thioether (sulfide) groups is 1. The van der Waals surface area contributed by atoms with Crippen molar-refractivity contribution in [2.24, 2.45) is 10.2 Å². The molecule has 1 N–H and O–H groups in total. The van der Waals surface area contributed by atoms with Crippen LogP contribution in [0.1, 0.15) is 11.6 Å². The van der Waals surface area contributed by atoms with Crippen LogP contribution in [0.15, 0.2) is 46.6 Å². The van der Waals surface area contributed by atoms with Crippen LogP contribution in [0.4, 0.5) is 11.4 Å². The van der Waals surface area contributed by atoms with Gasteiger partial charge < -0.3 is 9.67 Å². The Morgan fingerprint density at radius 1 is 1.12 bits per heavy atom. The summed E-state index contributed by atoms with van der Waals surface area (Å²) in [5.41, 5.74) is 2.97. The Hall–Kier alpha value is -1.69. The molecule has 1 fully saturated rings. The Morgan fingerprint density at radius 2 is 1.92 bits per heavy atom. The summed E-state index contributed by atoms with van der Waals surface area (Å²) in [4.78, 5) is 0. The molecule has 1 saturated heterocycles. The van der Waals surface area contributed by atoms with Gasteiger partial charge in [0.1, 0.15) is 0 Å². The molecular weight excluding hydrogens is 377 g/mol. The van der Waals surface area contributed by atoms with Crippen molar-refractivity contribution in [2.45, 2.75) is 13.0 Å². The second-order valence-electron chi connectivity index (χ2n) is 6.03. The van der Waals surface area contributed by atoms with Crippen LogP contribution in [0.25, 0.3) is 10.9 Å². The van der Waals surface area contributed by atoms with Gasteiger partial charge in [-0.15, -0.1) is 5.11 Å².